The first-order valence-corrected chi connectivity index (χ1v) is 7.80. The predicted octanol–water partition coefficient (Wildman–Crippen LogP) is 3.80. The second-order valence-corrected chi connectivity index (χ2v) is 5.50. The van der Waals surface area contributed by atoms with Gasteiger partial charge in [0.2, 0.25) is 11.8 Å². The van der Waals surface area contributed by atoms with Crippen molar-refractivity contribution in [3.63, 3.8) is 0 Å². The van der Waals surface area contributed by atoms with Crippen LogP contribution < -0.4 is 15.2 Å². The Hall–Kier alpha value is -1.45. The zero-order chi connectivity index (χ0) is 14.4. The molecule has 2 N–H and O–H groups in total. The van der Waals surface area contributed by atoms with E-state index < -0.39 is 0 Å². The molecule has 20 heavy (non-hydrogen) atoms. The zero-order valence-electron chi connectivity index (χ0n) is 12.6. The largest absolute Gasteiger partial charge is 0.476 e. The van der Waals surface area contributed by atoms with Gasteiger partial charge in [-0.25, -0.2) is 0 Å². The van der Waals surface area contributed by atoms with E-state index in [0.29, 0.717) is 30.0 Å². The molecule has 0 amide bonds. The molecule has 1 aromatic heterocycles. The summed E-state index contributed by atoms with van der Waals surface area (Å²) in [5, 5.41) is 0. The first-order valence-electron chi connectivity index (χ1n) is 7.80. The third kappa shape index (κ3) is 3.78. The van der Waals surface area contributed by atoms with Gasteiger partial charge in [-0.1, -0.05) is 20.3 Å². The summed E-state index contributed by atoms with van der Waals surface area (Å²) in [6.45, 7) is 4.92. The van der Waals surface area contributed by atoms with Gasteiger partial charge in [-0.15, -0.1) is 0 Å². The van der Waals surface area contributed by atoms with E-state index in [9.17, 15) is 0 Å². The molecule has 1 heterocycles. The molecule has 2 rings (SSSR count). The maximum atomic E-state index is 6.09. The molecule has 0 saturated heterocycles. The standard InChI is InChI=1S/C16H26N2O2/c1-3-11-19-16-13(17)9-10-15(18-16)20-14-8-6-5-7-12(14)4-2/h9-10,12,14H,3-8,11,17H2,1-2H3. The molecule has 1 aliphatic rings. The zero-order valence-corrected chi connectivity index (χ0v) is 12.6. The summed E-state index contributed by atoms with van der Waals surface area (Å²) >= 11 is 0. The van der Waals surface area contributed by atoms with Crippen molar-refractivity contribution in [3.8, 4) is 11.8 Å². The van der Waals surface area contributed by atoms with Crippen molar-refractivity contribution in [2.24, 2.45) is 5.92 Å². The van der Waals surface area contributed by atoms with Gasteiger partial charge in [0.1, 0.15) is 6.10 Å². The third-order valence-electron chi connectivity index (χ3n) is 3.94. The molecule has 1 aromatic rings. The Morgan fingerprint density at radius 3 is 2.80 bits per heavy atom. The van der Waals surface area contributed by atoms with E-state index in [1.54, 1.807) is 0 Å². The lowest BCUT2D eigenvalue weighted by molar-refractivity contribution is 0.0850. The van der Waals surface area contributed by atoms with Gasteiger partial charge in [-0.2, -0.15) is 4.98 Å². The molecule has 4 heteroatoms. The molecule has 0 bridgehead atoms. The number of nitrogen functional groups attached to an aromatic ring is 1. The minimum Gasteiger partial charge on any atom is -0.476 e. The average Bonchev–Trinajstić information content (AvgIpc) is 2.48. The normalized spacial score (nSPS) is 22.5. The molecule has 0 spiro atoms. The van der Waals surface area contributed by atoms with Crippen LogP contribution in [0.5, 0.6) is 11.8 Å². The molecule has 112 valence electrons. The highest BCUT2D eigenvalue weighted by molar-refractivity contribution is 5.49. The first kappa shape index (κ1) is 14.9. The Morgan fingerprint density at radius 1 is 1.25 bits per heavy atom. The van der Waals surface area contributed by atoms with Gasteiger partial charge >= 0.3 is 0 Å². The molecule has 0 aliphatic heterocycles. The SMILES string of the molecule is CCCOc1nc(OC2CCCCC2CC)ccc1N. The van der Waals surface area contributed by atoms with E-state index in [-0.39, 0.29) is 6.10 Å². The molecule has 2 unspecified atom stereocenters. The van der Waals surface area contributed by atoms with Crippen LogP contribution in [0.3, 0.4) is 0 Å². The summed E-state index contributed by atoms with van der Waals surface area (Å²) < 4.78 is 11.6. The maximum absolute atomic E-state index is 6.09. The van der Waals surface area contributed by atoms with Crippen LogP contribution in [-0.4, -0.2) is 17.7 Å². The van der Waals surface area contributed by atoms with Crippen LogP contribution in [0, 0.1) is 5.92 Å². The van der Waals surface area contributed by atoms with Crippen molar-refractivity contribution < 1.29 is 9.47 Å². The summed E-state index contributed by atoms with van der Waals surface area (Å²) in [7, 11) is 0. The number of nitrogens with zero attached hydrogens (tertiary/aromatic N) is 1. The topological polar surface area (TPSA) is 57.4 Å². The van der Waals surface area contributed by atoms with E-state index in [2.05, 4.69) is 18.8 Å². The Labute approximate surface area is 121 Å². The van der Waals surface area contributed by atoms with Crippen molar-refractivity contribution in [3.05, 3.63) is 12.1 Å². The van der Waals surface area contributed by atoms with Crippen molar-refractivity contribution in [2.75, 3.05) is 12.3 Å². The number of hydrogen-bond acceptors (Lipinski definition) is 4. The quantitative estimate of drug-likeness (QED) is 0.860. The van der Waals surface area contributed by atoms with Gasteiger partial charge in [-0.05, 0) is 44.1 Å². The Kier molecular flexibility index (Phi) is 5.50. The van der Waals surface area contributed by atoms with Crippen molar-refractivity contribution >= 4 is 5.69 Å². The Morgan fingerprint density at radius 2 is 2.05 bits per heavy atom. The summed E-state index contributed by atoms with van der Waals surface area (Å²) in [6.07, 6.45) is 7.33. The number of hydrogen-bond donors (Lipinski definition) is 1. The van der Waals surface area contributed by atoms with Gasteiger partial charge < -0.3 is 15.2 Å². The summed E-state index contributed by atoms with van der Waals surface area (Å²) in [5.74, 6) is 1.77. The molecule has 0 radical (unpaired) electrons. The number of aromatic nitrogens is 1. The van der Waals surface area contributed by atoms with Gasteiger partial charge in [-0.3, -0.25) is 0 Å². The van der Waals surface area contributed by atoms with E-state index >= 15 is 0 Å². The minimum absolute atomic E-state index is 0.281. The fourth-order valence-electron chi connectivity index (χ4n) is 2.77. The van der Waals surface area contributed by atoms with Crippen LogP contribution in [-0.2, 0) is 0 Å². The molecular formula is C16H26N2O2. The Bertz CT molecular complexity index is 423. The van der Waals surface area contributed by atoms with Crippen molar-refractivity contribution in [1.29, 1.82) is 0 Å². The highest BCUT2D eigenvalue weighted by Gasteiger charge is 2.25. The van der Waals surface area contributed by atoms with E-state index in [4.69, 9.17) is 15.2 Å². The molecule has 0 aromatic carbocycles. The summed E-state index contributed by atoms with van der Waals surface area (Å²) in [4.78, 5) is 4.40. The van der Waals surface area contributed by atoms with Crippen molar-refractivity contribution in [1.82, 2.24) is 4.98 Å². The number of rotatable bonds is 6. The predicted molar refractivity (Wildman–Crippen MR) is 81.1 cm³/mol. The van der Waals surface area contributed by atoms with Crippen LogP contribution in [0.2, 0.25) is 0 Å². The van der Waals surface area contributed by atoms with Crippen LogP contribution >= 0.6 is 0 Å². The van der Waals surface area contributed by atoms with E-state index in [0.717, 1.165) is 12.8 Å². The van der Waals surface area contributed by atoms with E-state index in [1.165, 1.54) is 25.7 Å². The molecule has 1 aliphatic carbocycles. The summed E-state index contributed by atoms with van der Waals surface area (Å²) in [6, 6.07) is 3.66. The van der Waals surface area contributed by atoms with Crippen LogP contribution in [0.25, 0.3) is 0 Å². The number of anilines is 1. The third-order valence-corrected chi connectivity index (χ3v) is 3.94. The smallest absolute Gasteiger partial charge is 0.240 e. The molecular weight excluding hydrogens is 252 g/mol. The van der Waals surface area contributed by atoms with E-state index in [1.807, 2.05) is 12.1 Å². The van der Waals surface area contributed by atoms with Crippen LogP contribution in [0.4, 0.5) is 5.69 Å². The lowest BCUT2D eigenvalue weighted by atomic mass is 9.85. The van der Waals surface area contributed by atoms with Gasteiger partial charge in [0.15, 0.2) is 0 Å². The van der Waals surface area contributed by atoms with Crippen molar-refractivity contribution in [2.45, 2.75) is 58.5 Å². The second-order valence-electron chi connectivity index (χ2n) is 5.50. The first-order chi connectivity index (χ1) is 9.74. The molecule has 4 nitrogen and oxygen atoms in total. The van der Waals surface area contributed by atoms with Gasteiger partial charge in [0.05, 0.1) is 12.3 Å². The average molecular weight is 278 g/mol. The van der Waals surface area contributed by atoms with Crippen LogP contribution in [0.1, 0.15) is 52.4 Å². The number of ether oxygens (including phenoxy) is 2. The van der Waals surface area contributed by atoms with Gasteiger partial charge in [0, 0.05) is 6.07 Å². The Balaban J connectivity index is 2.04. The maximum Gasteiger partial charge on any atom is 0.240 e. The number of nitrogens with two attached hydrogens (primary N) is 1. The minimum atomic E-state index is 0.281. The lowest BCUT2D eigenvalue weighted by Crippen LogP contribution is -2.30. The highest BCUT2D eigenvalue weighted by Crippen LogP contribution is 2.31. The highest BCUT2D eigenvalue weighted by atomic mass is 16.5. The molecule has 1 fully saturated rings. The fourth-order valence-corrected chi connectivity index (χ4v) is 2.77. The van der Waals surface area contributed by atoms with Gasteiger partial charge in [0.25, 0.3) is 0 Å². The van der Waals surface area contributed by atoms with Crippen LogP contribution in [0.15, 0.2) is 12.1 Å². The second kappa shape index (κ2) is 7.36. The fraction of sp³-hybridized carbons (Fsp3) is 0.688. The molecule has 1 saturated carbocycles. The summed E-state index contributed by atoms with van der Waals surface area (Å²) in [5.41, 5.74) is 6.44. The lowest BCUT2D eigenvalue weighted by Gasteiger charge is -2.30. The molecule has 2 atom stereocenters. The number of pyridine rings is 1. The monoisotopic (exact) mass is 278 g/mol.